The van der Waals surface area contributed by atoms with Gasteiger partial charge in [0.1, 0.15) is 4.90 Å². The van der Waals surface area contributed by atoms with Gasteiger partial charge in [-0.25, -0.2) is 13.1 Å². The highest BCUT2D eigenvalue weighted by Crippen LogP contribution is 2.36. The van der Waals surface area contributed by atoms with Crippen LogP contribution < -0.4 is 4.72 Å². The van der Waals surface area contributed by atoms with E-state index in [4.69, 9.17) is 5.11 Å². The van der Waals surface area contributed by atoms with Gasteiger partial charge in [0.25, 0.3) is 0 Å². The number of nitrogens with one attached hydrogen (secondary N) is 1. The Hall–Kier alpha value is -1.41. The summed E-state index contributed by atoms with van der Waals surface area (Å²) in [5.41, 5.74) is 0. The summed E-state index contributed by atoms with van der Waals surface area (Å²) in [6.07, 6.45) is 4.86. The molecule has 1 saturated carbocycles. The quantitative estimate of drug-likeness (QED) is 0.735. The average Bonchev–Trinajstić information content (AvgIpc) is 3.11. The van der Waals surface area contributed by atoms with Crippen molar-refractivity contribution in [1.29, 1.82) is 0 Å². The molecule has 1 fully saturated rings. The van der Waals surface area contributed by atoms with Crippen LogP contribution in [0.1, 0.15) is 26.2 Å². The van der Waals surface area contributed by atoms with Crippen LogP contribution in [-0.2, 0) is 21.4 Å². The molecule has 0 bridgehead atoms. The van der Waals surface area contributed by atoms with Gasteiger partial charge in [0, 0.05) is 12.7 Å². The Morgan fingerprint density at radius 2 is 2.30 bits per heavy atom. The number of aromatic nitrogens is 2. The van der Waals surface area contributed by atoms with Crippen LogP contribution in [-0.4, -0.2) is 35.8 Å². The van der Waals surface area contributed by atoms with E-state index in [9.17, 15) is 13.2 Å². The number of hydrogen-bond acceptors (Lipinski definition) is 4. The zero-order valence-electron chi connectivity index (χ0n) is 11.3. The first-order chi connectivity index (χ1) is 9.38. The average molecular weight is 301 g/mol. The van der Waals surface area contributed by atoms with E-state index >= 15 is 0 Å². The number of aliphatic carboxylic acids is 1. The molecule has 1 heterocycles. The molecule has 8 heteroatoms. The first-order valence-electron chi connectivity index (χ1n) is 6.62. The Balaban J connectivity index is 1.92. The molecule has 112 valence electrons. The molecule has 1 aliphatic carbocycles. The van der Waals surface area contributed by atoms with Crippen LogP contribution in [0.3, 0.4) is 0 Å². The second-order valence-corrected chi connectivity index (χ2v) is 7.02. The summed E-state index contributed by atoms with van der Waals surface area (Å²) in [6, 6.07) is 0. The smallest absolute Gasteiger partial charge is 0.305 e. The van der Waals surface area contributed by atoms with Crippen LogP contribution in [0.15, 0.2) is 17.3 Å². The maximum Gasteiger partial charge on any atom is 0.305 e. The van der Waals surface area contributed by atoms with Gasteiger partial charge in [0.2, 0.25) is 10.0 Å². The molecular formula is C12H19N3O4S. The molecule has 2 rings (SSSR count). The molecule has 0 aliphatic heterocycles. The van der Waals surface area contributed by atoms with Gasteiger partial charge in [-0.1, -0.05) is 6.92 Å². The Morgan fingerprint density at radius 3 is 2.90 bits per heavy atom. The Labute approximate surface area is 118 Å². The molecule has 1 aliphatic rings. The van der Waals surface area contributed by atoms with Crippen molar-refractivity contribution in [1.82, 2.24) is 14.5 Å². The molecule has 1 atom stereocenters. The highest BCUT2D eigenvalue weighted by molar-refractivity contribution is 7.89. The van der Waals surface area contributed by atoms with Crippen LogP contribution in [0.2, 0.25) is 0 Å². The number of nitrogens with zero attached hydrogens (tertiary/aromatic N) is 2. The molecule has 1 aromatic heterocycles. The minimum absolute atomic E-state index is 0.0749. The molecule has 0 spiro atoms. The number of hydrogen-bond donors (Lipinski definition) is 2. The van der Waals surface area contributed by atoms with Crippen molar-refractivity contribution >= 4 is 16.0 Å². The van der Waals surface area contributed by atoms with Crippen molar-refractivity contribution in [2.75, 3.05) is 6.54 Å². The molecule has 0 amide bonds. The van der Waals surface area contributed by atoms with Gasteiger partial charge in [-0.05, 0) is 24.7 Å². The fourth-order valence-electron chi connectivity index (χ4n) is 1.97. The van der Waals surface area contributed by atoms with E-state index in [-0.39, 0.29) is 17.9 Å². The van der Waals surface area contributed by atoms with Crippen LogP contribution in [0.25, 0.3) is 0 Å². The lowest BCUT2D eigenvalue weighted by molar-refractivity contribution is -0.137. The number of sulfonamides is 1. The molecule has 1 unspecified atom stereocenters. The fourth-order valence-corrected chi connectivity index (χ4v) is 3.07. The predicted octanol–water partition coefficient (Wildman–Crippen LogP) is 0.682. The summed E-state index contributed by atoms with van der Waals surface area (Å²) < 4.78 is 28.0. The van der Waals surface area contributed by atoms with Gasteiger partial charge >= 0.3 is 5.97 Å². The molecule has 2 N–H and O–H groups in total. The van der Waals surface area contributed by atoms with E-state index in [1.807, 2.05) is 6.92 Å². The third kappa shape index (κ3) is 4.04. The predicted molar refractivity (Wildman–Crippen MR) is 71.6 cm³/mol. The fraction of sp³-hybridized carbons (Fsp3) is 0.667. The first kappa shape index (κ1) is 15.0. The van der Waals surface area contributed by atoms with Gasteiger partial charge in [0.05, 0.1) is 19.2 Å². The van der Waals surface area contributed by atoms with Crippen LogP contribution >= 0.6 is 0 Å². The van der Waals surface area contributed by atoms with Crippen molar-refractivity contribution in [2.45, 2.75) is 37.6 Å². The zero-order chi connectivity index (χ0) is 14.8. The summed E-state index contributed by atoms with van der Waals surface area (Å²) in [5.74, 6) is 0.0316. The van der Waals surface area contributed by atoms with E-state index < -0.39 is 16.0 Å². The lowest BCUT2D eigenvalue weighted by Gasteiger charge is -2.10. The van der Waals surface area contributed by atoms with Crippen molar-refractivity contribution in [3.05, 3.63) is 12.4 Å². The largest absolute Gasteiger partial charge is 0.481 e. The van der Waals surface area contributed by atoms with E-state index in [2.05, 4.69) is 9.82 Å². The first-order valence-corrected chi connectivity index (χ1v) is 8.10. The third-order valence-electron chi connectivity index (χ3n) is 3.50. The van der Waals surface area contributed by atoms with E-state index in [1.165, 1.54) is 29.9 Å². The van der Waals surface area contributed by atoms with Crippen molar-refractivity contribution < 1.29 is 18.3 Å². The summed E-state index contributed by atoms with van der Waals surface area (Å²) in [6.45, 7) is 2.62. The highest BCUT2D eigenvalue weighted by Gasteiger charge is 2.29. The summed E-state index contributed by atoms with van der Waals surface area (Å²) >= 11 is 0. The normalized spacial score (nSPS) is 17.1. The monoisotopic (exact) mass is 301 g/mol. The van der Waals surface area contributed by atoms with Gasteiger partial charge < -0.3 is 5.11 Å². The third-order valence-corrected chi connectivity index (χ3v) is 4.87. The number of carboxylic acids is 1. The van der Waals surface area contributed by atoms with Crippen molar-refractivity contribution in [3.63, 3.8) is 0 Å². The second-order valence-electron chi connectivity index (χ2n) is 5.25. The Bertz CT molecular complexity index is 577. The molecule has 0 saturated heterocycles. The molecule has 0 aromatic carbocycles. The molecule has 1 aromatic rings. The van der Waals surface area contributed by atoms with Gasteiger partial charge in [-0.15, -0.1) is 0 Å². The van der Waals surface area contributed by atoms with Gasteiger partial charge in [-0.2, -0.15) is 5.10 Å². The number of aryl methyl sites for hydroxylation is 1. The summed E-state index contributed by atoms with van der Waals surface area (Å²) in [7, 11) is -3.56. The van der Waals surface area contributed by atoms with Crippen molar-refractivity contribution in [3.8, 4) is 0 Å². The van der Waals surface area contributed by atoms with Crippen LogP contribution in [0.4, 0.5) is 0 Å². The van der Waals surface area contributed by atoms with Crippen molar-refractivity contribution in [2.24, 2.45) is 11.8 Å². The minimum atomic E-state index is -3.56. The number of carbonyl (C=O) groups is 1. The van der Waals surface area contributed by atoms with E-state index in [0.29, 0.717) is 18.4 Å². The molecular weight excluding hydrogens is 282 g/mol. The van der Waals surface area contributed by atoms with E-state index in [0.717, 1.165) is 0 Å². The SMILES string of the molecule is CC(CNS(=O)(=O)c1cnn(CCC(=O)O)c1)C1CC1. The maximum atomic E-state index is 12.1. The van der Waals surface area contributed by atoms with Gasteiger partial charge in [0.15, 0.2) is 0 Å². The zero-order valence-corrected chi connectivity index (χ0v) is 12.1. The minimum Gasteiger partial charge on any atom is -0.481 e. The number of carboxylic acid groups (broad SMARTS) is 1. The lowest BCUT2D eigenvalue weighted by Crippen LogP contribution is -2.29. The number of rotatable bonds is 8. The molecule has 7 nitrogen and oxygen atoms in total. The Morgan fingerprint density at radius 1 is 1.60 bits per heavy atom. The van der Waals surface area contributed by atoms with E-state index in [1.54, 1.807) is 0 Å². The highest BCUT2D eigenvalue weighted by atomic mass is 32.2. The summed E-state index contributed by atoms with van der Waals surface area (Å²) in [5, 5.41) is 12.4. The topological polar surface area (TPSA) is 101 Å². The molecule has 0 radical (unpaired) electrons. The van der Waals surface area contributed by atoms with Crippen LogP contribution in [0.5, 0.6) is 0 Å². The van der Waals surface area contributed by atoms with Gasteiger partial charge in [-0.3, -0.25) is 9.48 Å². The molecule has 20 heavy (non-hydrogen) atoms. The van der Waals surface area contributed by atoms with Crippen LogP contribution in [0, 0.1) is 11.8 Å². The standard InChI is InChI=1S/C12H19N3O4S/c1-9(10-2-3-10)6-14-20(18,19)11-7-13-15(8-11)5-4-12(16)17/h7-10,14H,2-6H2,1H3,(H,16,17). The summed E-state index contributed by atoms with van der Waals surface area (Å²) in [4.78, 5) is 10.5. The Kier molecular flexibility index (Phi) is 4.44. The lowest BCUT2D eigenvalue weighted by atomic mass is 10.1. The second kappa shape index (κ2) is 5.92. The maximum absolute atomic E-state index is 12.1.